The molecular formula is C12H26N2O. The number of nitrogens with zero attached hydrogens (tertiary/aromatic N) is 1. The van der Waals surface area contributed by atoms with Crippen LogP contribution < -0.4 is 5.32 Å². The van der Waals surface area contributed by atoms with Gasteiger partial charge < -0.3 is 15.0 Å². The third kappa shape index (κ3) is 4.96. The van der Waals surface area contributed by atoms with Crippen molar-refractivity contribution in [1.82, 2.24) is 10.2 Å². The van der Waals surface area contributed by atoms with Gasteiger partial charge in [-0.2, -0.15) is 0 Å². The molecule has 1 aliphatic rings. The molecule has 3 nitrogen and oxygen atoms in total. The first-order valence-electron chi connectivity index (χ1n) is 6.05. The van der Waals surface area contributed by atoms with Crippen molar-refractivity contribution in [3.63, 3.8) is 0 Å². The van der Waals surface area contributed by atoms with Gasteiger partial charge in [-0.3, -0.25) is 0 Å². The van der Waals surface area contributed by atoms with Gasteiger partial charge in [0.1, 0.15) is 0 Å². The van der Waals surface area contributed by atoms with Gasteiger partial charge in [-0.25, -0.2) is 0 Å². The Bertz CT molecular complexity index is 178. The molecule has 1 N–H and O–H groups in total. The molecule has 0 saturated carbocycles. The van der Waals surface area contributed by atoms with Crippen LogP contribution in [0.25, 0.3) is 0 Å². The fourth-order valence-electron chi connectivity index (χ4n) is 1.62. The van der Waals surface area contributed by atoms with Crippen molar-refractivity contribution in [3.8, 4) is 0 Å². The number of nitrogens with one attached hydrogen (secondary N) is 1. The van der Waals surface area contributed by atoms with E-state index < -0.39 is 0 Å². The Kier molecular flexibility index (Phi) is 5.03. The SMILES string of the molecule is CC(C)CCN(C)CCOC1(C)CNC1. The van der Waals surface area contributed by atoms with E-state index in [0.717, 1.165) is 32.2 Å². The van der Waals surface area contributed by atoms with Crippen molar-refractivity contribution in [2.75, 3.05) is 39.8 Å². The molecule has 3 heteroatoms. The van der Waals surface area contributed by atoms with Gasteiger partial charge in [0, 0.05) is 19.6 Å². The number of ether oxygens (including phenoxy) is 1. The molecule has 1 saturated heterocycles. The summed E-state index contributed by atoms with van der Waals surface area (Å²) >= 11 is 0. The molecule has 0 aromatic rings. The molecule has 1 heterocycles. The van der Waals surface area contributed by atoms with Gasteiger partial charge >= 0.3 is 0 Å². The van der Waals surface area contributed by atoms with Crippen LogP contribution in [-0.2, 0) is 4.74 Å². The number of hydrogen-bond donors (Lipinski definition) is 1. The highest BCUT2D eigenvalue weighted by molar-refractivity contribution is 4.90. The zero-order valence-corrected chi connectivity index (χ0v) is 10.7. The summed E-state index contributed by atoms with van der Waals surface area (Å²) in [4.78, 5) is 2.36. The van der Waals surface area contributed by atoms with Crippen LogP contribution >= 0.6 is 0 Å². The summed E-state index contributed by atoms with van der Waals surface area (Å²) in [6, 6.07) is 0. The Balaban J connectivity index is 1.99. The second kappa shape index (κ2) is 5.83. The highest BCUT2D eigenvalue weighted by Crippen LogP contribution is 2.14. The van der Waals surface area contributed by atoms with Crippen LogP contribution in [0.5, 0.6) is 0 Å². The van der Waals surface area contributed by atoms with Gasteiger partial charge in [0.15, 0.2) is 0 Å². The van der Waals surface area contributed by atoms with Gasteiger partial charge in [-0.15, -0.1) is 0 Å². The van der Waals surface area contributed by atoms with Crippen molar-refractivity contribution >= 4 is 0 Å². The van der Waals surface area contributed by atoms with Gasteiger partial charge in [0.2, 0.25) is 0 Å². The van der Waals surface area contributed by atoms with Crippen LogP contribution in [0.3, 0.4) is 0 Å². The maximum absolute atomic E-state index is 5.84. The molecule has 1 rings (SSSR count). The molecule has 0 unspecified atom stereocenters. The first-order valence-corrected chi connectivity index (χ1v) is 6.05. The molecule has 0 amide bonds. The highest BCUT2D eigenvalue weighted by atomic mass is 16.5. The van der Waals surface area contributed by atoms with Gasteiger partial charge in [0.25, 0.3) is 0 Å². The minimum Gasteiger partial charge on any atom is -0.371 e. The summed E-state index contributed by atoms with van der Waals surface area (Å²) < 4.78 is 5.84. The maximum Gasteiger partial charge on any atom is 0.0902 e. The van der Waals surface area contributed by atoms with E-state index in [0.29, 0.717) is 0 Å². The van der Waals surface area contributed by atoms with Crippen LogP contribution in [-0.4, -0.2) is 50.3 Å². The van der Waals surface area contributed by atoms with E-state index >= 15 is 0 Å². The van der Waals surface area contributed by atoms with Gasteiger partial charge in [-0.05, 0) is 32.9 Å². The third-order valence-electron chi connectivity index (χ3n) is 3.01. The second-order valence-corrected chi connectivity index (χ2v) is 5.39. The molecule has 0 radical (unpaired) electrons. The van der Waals surface area contributed by atoms with Crippen LogP contribution in [0, 0.1) is 5.92 Å². The molecule has 0 aromatic carbocycles. The minimum atomic E-state index is 0.110. The zero-order chi connectivity index (χ0) is 11.3. The average molecular weight is 214 g/mol. The Hall–Kier alpha value is -0.120. The molecule has 90 valence electrons. The van der Waals surface area contributed by atoms with Crippen molar-refractivity contribution < 1.29 is 4.74 Å². The smallest absolute Gasteiger partial charge is 0.0902 e. The van der Waals surface area contributed by atoms with Crippen LogP contribution in [0.4, 0.5) is 0 Å². The molecule has 0 aromatic heterocycles. The lowest BCUT2D eigenvalue weighted by Gasteiger charge is -2.39. The Morgan fingerprint density at radius 2 is 2.00 bits per heavy atom. The minimum absolute atomic E-state index is 0.110. The molecule has 15 heavy (non-hydrogen) atoms. The molecule has 0 atom stereocenters. The standard InChI is InChI=1S/C12H26N2O/c1-11(2)5-6-14(4)7-8-15-12(3)9-13-10-12/h11,13H,5-10H2,1-4H3. The van der Waals surface area contributed by atoms with E-state index in [-0.39, 0.29) is 5.60 Å². The molecular weight excluding hydrogens is 188 g/mol. The highest BCUT2D eigenvalue weighted by Gasteiger charge is 2.32. The number of likely N-dealkylation sites (N-methyl/N-ethyl adjacent to an activating group) is 1. The first kappa shape index (κ1) is 12.9. The largest absolute Gasteiger partial charge is 0.371 e. The van der Waals surface area contributed by atoms with Crippen LogP contribution in [0.15, 0.2) is 0 Å². The normalized spacial score (nSPS) is 19.6. The lowest BCUT2D eigenvalue weighted by Crippen LogP contribution is -2.59. The fourth-order valence-corrected chi connectivity index (χ4v) is 1.62. The monoisotopic (exact) mass is 214 g/mol. The lowest BCUT2D eigenvalue weighted by atomic mass is 10.0. The first-order chi connectivity index (χ1) is 7.02. The van der Waals surface area contributed by atoms with E-state index in [1.54, 1.807) is 0 Å². The zero-order valence-electron chi connectivity index (χ0n) is 10.7. The maximum atomic E-state index is 5.84. The third-order valence-corrected chi connectivity index (χ3v) is 3.01. The topological polar surface area (TPSA) is 24.5 Å². The van der Waals surface area contributed by atoms with Crippen molar-refractivity contribution in [3.05, 3.63) is 0 Å². The fraction of sp³-hybridized carbons (Fsp3) is 1.00. The lowest BCUT2D eigenvalue weighted by molar-refractivity contribution is -0.0710. The number of rotatable bonds is 7. The Labute approximate surface area is 94.2 Å². The van der Waals surface area contributed by atoms with Crippen molar-refractivity contribution in [2.24, 2.45) is 5.92 Å². The van der Waals surface area contributed by atoms with Crippen LogP contribution in [0.2, 0.25) is 0 Å². The van der Waals surface area contributed by atoms with Gasteiger partial charge in [-0.1, -0.05) is 13.8 Å². The Morgan fingerprint density at radius 1 is 1.33 bits per heavy atom. The van der Waals surface area contributed by atoms with E-state index in [9.17, 15) is 0 Å². The summed E-state index contributed by atoms with van der Waals surface area (Å²) in [6.45, 7) is 11.8. The summed E-state index contributed by atoms with van der Waals surface area (Å²) in [5.41, 5.74) is 0.110. The number of hydrogen-bond acceptors (Lipinski definition) is 3. The molecule has 1 fully saturated rings. The van der Waals surface area contributed by atoms with E-state index in [1.807, 2.05) is 0 Å². The Morgan fingerprint density at radius 3 is 2.47 bits per heavy atom. The predicted molar refractivity (Wildman–Crippen MR) is 64.2 cm³/mol. The summed E-state index contributed by atoms with van der Waals surface area (Å²) in [5.74, 6) is 0.793. The van der Waals surface area contributed by atoms with E-state index in [1.165, 1.54) is 13.0 Å². The quantitative estimate of drug-likeness (QED) is 0.692. The van der Waals surface area contributed by atoms with E-state index in [4.69, 9.17) is 4.74 Å². The summed E-state index contributed by atoms with van der Waals surface area (Å²) in [7, 11) is 2.17. The molecule has 1 aliphatic heterocycles. The van der Waals surface area contributed by atoms with Crippen LogP contribution in [0.1, 0.15) is 27.2 Å². The summed E-state index contributed by atoms with van der Waals surface area (Å²) in [6.07, 6.45) is 1.27. The van der Waals surface area contributed by atoms with Crippen molar-refractivity contribution in [1.29, 1.82) is 0 Å². The molecule has 0 spiro atoms. The summed E-state index contributed by atoms with van der Waals surface area (Å²) in [5, 5.41) is 3.24. The predicted octanol–water partition coefficient (Wildman–Crippen LogP) is 1.34. The van der Waals surface area contributed by atoms with Gasteiger partial charge in [0.05, 0.1) is 12.2 Å². The average Bonchev–Trinajstić information content (AvgIpc) is 2.12. The molecule has 0 bridgehead atoms. The van der Waals surface area contributed by atoms with E-state index in [2.05, 4.69) is 38.0 Å². The van der Waals surface area contributed by atoms with Crippen molar-refractivity contribution in [2.45, 2.75) is 32.8 Å². The molecule has 0 aliphatic carbocycles. The second-order valence-electron chi connectivity index (χ2n) is 5.39.